The number of allylic oxidation sites excluding steroid dienone is 1. The van der Waals surface area contributed by atoms with Crippen molar-refractivity contribution in [1.29, 1.82) is 0 Å². The first-order valence-electron chi connectivity index (χ1n) is 10.6. The molecule has 0 aromatic carbocycles. The van der Waals surface area contributed by atoms with Gasteiger partial charge in [0.2, 0.25) is 0 Å². The highest BCUT2D eigenvalue weighted by atomic mass is 16.4. The van der Waals surface area contributed by atoms with E-state index in [9.17, 15) is 9.90 Å². The number of likely N-dealkylation sites (tertiary alicyclic amines) is 1. The standard InChI is InChI=1S/C21H31N3O2/c1-23-19(22)24-9-3-8-20(12-24)14-7-6-13-4-2-5-15-10-16(18(25)26)17(11-14)21(13,15)20/h13-15H,2-12H2,1H3,(H2,22,23)(H,25,26)/t13-,14-,15+,20-,21-/m1/s1. The van der Waals surface area contributed by atoms with Gasteiger partial charge in [0.05, 0.1) is 19.1 Å². The van der Waals surface area contributed by atoms with Gasteiger partial charge in [0.25, 0.3) is 5.96 Å². The van der Waals surface area contributed by atoms with Gasteiger partial charge < -0.3 is 15.6 Å². The van der Waals surface area contributed by atoms with Crippen LogP contribution in [0.25, 0.3) is 0 Å². The molecule has 6 atom stereocenters. The van der Waals surface area contributed by atoms with E-state index in [1.165, 1.54) is 55.4 Å². The van der Waals surface area contributed by atoms with Gasteiger partial charge in [-0.2, -0.15) is 0 Å². The van der Waals surface area contributed by atoms with E-state index in [-0.39, 0.29) is 10.8 Å². The number of hydrogen-bond donors (Lipinski definition) is 2. The third kappa shape index (κ3) is 1.81. The van der Waals surface area contributed by atoms with Crippen LogP contribution in [0, 0.1) is 28.6 Å². The van der Waals surface area contributed by atoms with Gasteiger partial charge in [-0.1, -0.05) is 12.0 Å². The van der Waals surface area contributed by atoms with Gasteiger partial charge in [0, 0.05) is 17.9 Å². The average Bonchev–Trinajstić information content (AvgIpc) is 3.02. The van der Waals surface area contributed by atoms with Gasteiger partial charge in [0.1, 0.15) is 0 Å². The number of nitrogens with zero attached hydrogens (tertiary/aromatic N) is 1. The molecule has 1 heterocycles. The zero-order valence-corrected chi connectivity index (χ0v) is 15.9. The third-order valence-corrected chi connectivity index (χ3v) is 9.11. The van der Waals surface area contributed by atoms with Crippen LogP contribution in [0.1, 0.15) is 57.8 Å². The molecule has 2 spiro atoms. The van der Waals surface area contributed by atoms with Crippen molar-refractivity contribution in [2.24, 2.45) is 39.3 Å². The maximum absolute atomic E-state index is 12.0. The zero-order chi connectivity index (χ0) is 18.1. The Morgan fingerprint density at radius 1 is 1.15 bits per heavy atom. The Morgan fingerprint density at radius 3 is 2.69 bits per heavy atom. The predicted octanol–water partition coefficient (Wildman–Crippen LogP) is 0.263. The highest BCUT2D eigenvalue weighted by Gasteiger charge is 2.74. The fourth-order valence-electron chi connectivity index (χ4n) is 8.57. The van der Waals surface area contributed by atoms with Crippen LogP contribution in [0.5, 0.6) is 0 Å². The molecule has 142 valence electrons. The van der Waals surface area contributed by atoms with Crippen molar-refractivity contribution in [2.75, 3.05) is 20.1 Å². The van der Waals surface area contributed by atoms with Crippen molar-refractivity contribution >= 4 is 11.9 Å². The molecule has 5 heteroatoms. The number of nitrogens with two attached hydrogens (primary N) is 1. The van der Waals surface area contributed by atoms with Gasteiger partial charge >= 0.3 is 0 Å². The highest BCUT2D eigenvalue weighted by Crippen LogP contribution is 2.78. The van der Waals surface area contributed by atoms with Crippen molar-refractivity contribution < 1.29 is 14.8 Å². The molecular formula is C21H31N3O2. The molecule has 4 aliphatic carbocycles. The highest BCUT2D eigenvalue weighted by molar-refractivity contribution is 5.87. The van der Waals surface area contributed by atoms with Crippen molar-refractivity contribution in [1.82, 2.24) is 0 Å². The summed E-state index contributed by atoms with van der Waals surface area (Å²) in [6.07, 6.45) is 10.5. The lowest BCUT2D eigenvalue weighted by atomic mass is 9.43. The minimum atomic E-state index is -0.889. The average molecular weight is 357 g/mol. The minimum Gasteiger partial charge on any atom is -0.545 e. The van der Waals surface area contributed by atoms with Gasteiger partial charge in [0.15, 0.2) is 0 Å². The lowest BCUT2D eigenvalue weighted by Crippen LogP contribution is -3.18. The molecule has 1 aliphatic heterocycles. The van der Waals surface area contributed by atoms with Crippen LogP contribution in [-0.4, -0.2) is 32.1 Å². The summed E-state index contributed by atoms with van der Waals surface area (Å²) < 4.78 is 0. The summed E-state index contributed by atoms with van der Waals surface area (Å²) in [4.78, 5) is 17.6. The maximum Gasteiger partial charge on any atom is 0.293 e. The summed E-state index contributed by atoms with van der Waals surface area (Å²) >= 11 is 0. The van der Waals surface area contributed by atoms with Crippen molar-refractivity contribution in [3.8, 4) is 0 Å². The lowest BCUT2D eigenvalue weighted by Gasteiger charge is -2.61. The first kappa shape index (κ1) is 16.8. The number of quaternary nitrogens is 1. The van der Waals surface area contributed by atoms with Crippen LogP contribution in [0.3, 0.4) is 0 Å². The van der Waals surface area contributed by atoms with E-state index < -0.39 is 5.97 Å². The molecule has 5 rings (SSSR count). The first-order chi connectivity index (χ1) is 12.5. The molecule has 26 heavy (non-hydrogen) atoms. The summed E-state index contributed by atoms with van der Waals surface area (Å²) in [7, 11) is 1.79. The third-order valence-electron chi connectivity index (χ3n) is 9.11. The molecule has 0 aromatic rings. The summed E-state index contributed by atoms with van der Waals surface area (Å²) in [5.41, 5.74) is 8.64. The fourth-order valence-corrected chi connectivity index (χ4v) is 8.57. The summed E-state index contributed by atoms with van der Waals surface area (Å²) in [6.45, 7) is 2.12. The molecular weight excluding hydrogens is 326 g/mol. The molecule has 2 bridgehead atoms. The van der Waals surface area contributed by atoms with Gasteiger partial charge in [-0.15, -0.1) is 0 Å². The number of hydrogen-bond acceptors (Lipinski definition) is 3. The van der Waals surface area contributed by atoms with E-state index in [2.05, 4.69) is 4.99 Å². The number of aliphatic carboxylic acids is 1. The second-order valence-electron chi connectivity index (χ2n) is 9.52. The SMILES string of the molecule is CN=C(N)[NH+]1CCC[C@@]2(C1)[C@@H]1CC[C@H]3CCC[C@H]4CC(C(=O)[O-])=C(C1)[C@@]342. The smallest absolute Gasteiger partial charge is 0.293 e. The molecule has 5 nitrogen and oxygen atoms in total. The van der Waals surface area contributed by atoms with Crippen LogP contribution < -0.4 is 15.7 Å². The number of aliphatic imine (C=N–C) groups is 1. The van der Waals surface area contributed by atoms with E-state index in [0.29, 0.717) is 23.3 Å². The molecule has 0 radical (unpaired) electrons. The molecule has 4 fully saturated rings. The van der Waals surface area contributed by atoms with E-state index in [1.54, 1.807) is 7.05 Å². The fraction of sp³-hybridized carbons (Fsp3) is 0.810. The Labute approximate surface area is 155 Å². The number of carboxylic acids is 1. The zero-order valence-electron chi connectivity index (χ0n) is 15.9. The van der Waals surface area contributed by atoms with Gasteiger partial charge in [-0.3, -0.25) is 4.90 Å². The van der Waals surface area contributed by atoms with Crippen LogP contribution in [0.2, 0.25) is 0 Å². The second kappa shape index (κ2) is 5.57. The number of rotatable bonds is 1. The summed E-state index contributed by atoms with van der Waals surface area (Å²) in [5.74, 6) is 1.67. The lowest BCUT2D eigenvalue weighted by molar-refractivity contribution is -0.826. The first-order valence-corrected chi connectivity index (χ1v) is 10.6. The van der Waals surface area contributed by atoms with Crippen LogP contribution in [-0.2, 0) is 4.79 Å². The van der Waals surface area contributed by atoms with Crippen LogP contribution in [0.15, 0.2) is 16.1 Å². The summed E-state index contributed by atoms with van der Waals surface area (Å²) in [6, 6.07) is 0. The Bertz CT molecular complexity index is 714. The number of carboxylic acid groups (broad SMARTS) is 1. The van der Waals surface area contributed by atoms with Crippen molar-refractivity contribution in [3.63, 3.8) is 0 Å². The molecule has 3 saturated carbocycles. The van der Waals surface area contributed by atoms with Gasteiger partial charge in [-0.05, 0) is 74.7 Å². The quantitative estimate of drug-likeness (QED) is 0.522. The van der Waals surface area contributed by atoms with Crippen molar-refractivity contribution in [2.45, 2.75) is 57.8 Å². The molecule has 1 unspecified atom stereocenters. The topological polar surface area (TPSA) is 82.9 Å². The van der Waals surface area contributed by atoms with Crippen molar-refractivity contribution in [3.05, 3.63) is 11.1 Å². The molecule has 1 saturated heterocycles. The van der Waals surface area contributed by atoms with E-state index in [0.717, 1.165) is 31.9 Å². The monoisotopic (exact) mass is 357 g/mol. The molecule has 5 aliphatic rings. The maximum atomic E-state index is 12.0. The number of guanidine groups is 1. The van der Waals surface area contributed by atoms with Gasteiger partial charge in [-0.25, -0.2) is 4.99 Å². The molecule has 3 N–H and O–H groups in total. The number of piperidine rings is 1. The van der Waals surface area contributed by atoms with E-state index >= 15 is 0 Å². The Kier molecular flexibility index (Phi) is 3.60. The number of carbonyl (C=O) groups excluding carboxylic acids is 1. The normalized spacial score (nSPS) is 47.3. The molecule has 0 aromatic heterocycles. The Hall–Kier alpha value is -1.36. The van der Waals surface area contributed by atoms with E-state index in [4.69, 9.17) is 5.73 Å². The Morgan fingerprint density at radius 2 is 1.92 bits per heavy atom. The van der Waals surface area contributed by atoms with Crippen LogP contribution >= 0.6 is 0 Å². The second-order valence-corrected chi connectivity index (χ2v) is 9.52. The largest absolute Gasteiger partial charge is 0.545 e. The van der Waals surface area contributed by atoms with E-state index in [1.807, 2.05) is 0 Å². The number of nitrogens with one attached hydrogen (secondary N) is 1. The number of carbonyl (C=O) groups is 1. The summed E-state index contributed by atoms with van der Waals surface area (Å²) in [5, 5.41) is 12.0. The predicted molar refractivity (Wildman–Crippen MR) is 97.2 cm³/mol. The minimum absolute atomic E-state index is 0.128. The van der Waals surface area contributed by atoms with Crippen LogP contribution in [0.4, 0.5) is 0 Å². The molecule has 0 amide bonds. The Balaban J connectivity index is 1.68.